The molecule has 0 radical (unpaired) electrons. The van der Waals surface area contributed by atoms with Crippen molar-refractivity contribution in [3.63, 3.8) is 0 Å². The molecule has 0 aliphatic carbocycles. The number of hydrogen-bond acceptors (Lipinski definition) is 6. The lowest BCUT2D eigenvalue weighted by Gasteiger charge is -2.37. The summed E-state index contributed by atoms with van der Waals surface area (Å²) in [6, 6.07) is 20.7. The Bertz CT molecular complexity index is 1490. The zero-order valence-corrected chi connectivity index (χ0v) is 26.2. The average molecular weight is 619 g/mol. The largest absolute Gasteiger partial charge is 0.478 e. The van der Waals surface area contributed by atoms with Crippen LogP contribution in [-0.4, -0.2) is 95.7 Å². The standard InChI is InChI=1S/C34H39ClN4O5/c1-34(2,3)44-33(43)39-20-18-38(19-21-39)31(40)26-8-13-30(24-4-9-28(35)10-5-24)27(22-26)23-36-14-16-37(17-15-36)29-11-6-25(7-12-29)32(41)42/h4-13,22H,14-21,23H2,1-3H3,(H,41,42). The number of benzene rings is 3. The molecule has 2 aliphatic heterocycles. The fraction of sp³-hybridized carbons (Fsp3) is 0.382. The first-order valence-electron chi connectivity index (χ1n) is 14.9. The van der Waals surface area contributed by atoms with Crippen molar-refractivity contribution in [1.82, 2.24) is 14.7 Å². The molecule has 2 heterocycles. The van der Waals surface area contributed by atoms with Crippen molar-refractivity contribution < 1.29 is 24.2 Å². The van der Waals surface area contributed by atoms with Crippen LogP contribution in [0.3, 0.4) is 0 Å². The van der Waals surface area contributed by atoms with E-state index in [1.807, 2.05) is 75.4 Å². The zero-order valence-electron chi connectivity index (χ0n) is 25.5. The maximum absolute atomic E-state index is 13.6. The summed E-state index contributed by atoms with van der Waals surface area (Å²) >= 11 is 6.17. The normalized spacial score (nSPS) is 16.1. The van der Waals surface area contributed by atoms with Crippen molar-refractivity contribution in [2.45, 2.75) is 32.9 Å². The smallest absolute Gasteiger partial charge is 0.410 e. The first kappa shape index (κ1) is 31.3. The number of nitrogens with zero attached hydrogens (tertiary/aromatic N) is 4. The lowest BCUT2D eigenvalue weighted by molar-refractivity contribution is 0.0141. The minimum Gasteiger partial charge on any atom is -0.478 e. The number of amides is 2. The number of anilines is 1. The molecular formula is C34H39ClN4O5. The second-order valence-electron chi connectivity index (χ2n) is 12.3. The van der Waals surface area contributed by atoms with Crippen molar-refractivity contribution in [3.05, 3.63) is 88.4 Å². The van der Waals surface area contributed by atoms with Gasteiger partial charge in [-0.2, -0.15) is 0 Å². The summed E-state index contributed by atoms with van der Waals surface area (Å²) in [6.07, 6.45) is -0.350. The molecule has 0 saturated carbocycles. The van der Waals surface area contributed by atoms with E-state index in [0.717, 1.165) is 48.6 Å². The van der Waals surface area contributed by atoms with E-state index in [4.69, 9.17) is 16.3 Å². The van der Waals surface area contributed by atoms with Gasteiger partial charge in [0.25, 0.3) is 5.91 Å². The van der Waals surface area contributed by atoms with Crippen molar-refractivity contribution in [3.8, 4) is 11.1 Å². The van der Waals surface area contributed by atoms with Gasteiger partial charge >= 0.3 is 12.1 Å². The van der Waals surface area contributed by atoms with E-state index in [1.165, 1.54) is 0 Å². The van der Waals surface area contributed by atoms with E-state index in [0.29, 0.717) is 43.3 Å². The van der Waals surface area contributed by atoms with Gasteiger partial charge in [0.1, 0.15) is 5.60 Å². The van der Waals surface area contributed by atoms with Gasteiger partial charge in [0.05, 0.1) is 5.56 Å². The van der Waals surface area contributed by atoms with Gasteiger partial charge in [0, 0.05) is 75.2 Å². The van der Waals surface area contributed by atoms with Gasteiger partial charge in [-0.3, -0.25) is 9.69 Å². The van der Waals surface area contributed by atoms with Gasteiger partial charge in [-0.05, 0) is 86.0 Å². The minimum atomic E-state index is -0.929. The molecule has 3 aromatic carbocycles. The number of piperazine rings is 2. The molecule has 0 bridgehead atoms. The van der Waals surface area contributed by atoms with Crippen LogP contribution >= 0.6 is 11.6 Å². The Kier molecular flexibility index (Phi) is 9.46. The highest BCUT2D eigenvalue weighted by Crippen LogP contribution is 2.29. The lowest BCUT2D eigenvalue weighted by Crippen LogP contribution is -2.51. The number of carbonyl (C=O) groups excluding carboxylic acids is 2. The topological polar surface area (TPSA) is 93.6 Å². The van der Waals surface area contributed by atoms with Crippen LogP contribution in [0, 0.1) is 0 Å². The monoisotopic (exact) mass is 618 g/mol. The molecule has 9 nitrogen and oxygen atoms in total. The minimum absolute atomic E-state index is 0.0487. The van der Waals surface area contributed by atoms with Crippen LogP contribution in [0.4, 0.5) is 10.5 Å². The molecule has 3 aromatic rings. The number of ether oxygens (including phenoxy) is 1. The number of carbonyl (C=O) groups is 3. The molecule has 2 aliphatic rings. The number of carboxylic acids is 1. The fourth-order valence-electron chi connectivity index (χ4n) is 5.59. The SMILES string of the molecule is CC(C)(C)OC(=O)N1CCN(C(=O)c2ccc(-c3ccc(Cl)cc3)c(CN3CCN(c4ccc(C(=O)O)cc4)CC3)c2)CC1. The quantitative estimate of drug-likeness (QED) is 0.378. The molecule has 2 saturated heterocycles. The summed E-state index contributed by atoms with van der Waals surface area (Å²) < 4.78 is 5.50. The summed E-state index contributed by atoms with van der Waals surface area (Å²) in [5.41, 5.74) is 4.50. The molecule has 10 heteroatoms. The summed E-state index contributed by atoms with van der Waals surface area (Å²) in [5, 5.41) is 9.87. The van der Waals surface area contributed by atoms with Crippen LogP contribution in [0.1, 0.15) is 47.1 Å². The van der Waals surface area contributed by atoms with Gasteiger partial charge in [0.15, 0.2) is 0 Å². The van der Waals surface area contributed by atoms with Crippen LogP contribution in [0.25, 0.3) is 11.1 Å². The Morgan fingerprint density at radius 3 is 1.95 bits per heavy atom. The predicted octanol–water partition coefficient (Wildman–Crippen LogP) is 5.72. The first-order chi connectivity index (χ1) is 21.0. The molecule has 44 heavy (non-hydrogen) atoms. The molecule has 5 rings (SSSR count). The van der Waals surface area contributed by atoms with Gasteiger partial charge in [0.2, 0.25) is 0 Å². The van der Waals surface area contributed by atoms with Crippen molar-refractivity contribution >= 4 is 35.3 Å². The van der Waals surface area contributed by atoms with Crippen LogP contribution in [-0.2, 0) is 11.3 Å². The third-order valence-corrected chi connectivity index (χ3v) is 8.22. The summed E-state index contributed by atoms with van der Waals surface area (Å²) in [7, 11) is 0. The molecule has 2 fully saturated rings. The maximum atomic E-state index is 13.6. The second kappa shape index (κ2) is 13.3. The highest BCUT2D eigenvalue weighted by atomic mass is 35.5. The third-order valence-electron chi connectivity index (χ3n) is 7.97. The molecule has 0 aromatic heterocycles. The molecule has 1 N–H and O–H groups in total. The summed E-state index contributed by atoms with van der Waals surface area (Å²) in [5.74, 6) is -0.978. The zero-order chi connectivity index (χ0) is 31.4. The average Bonchev–Trinajstić information content (AvgIpc) is 3.01. The summed E-state index contributed by atoms with van der Waals surface area (Å²) in [4.78, 5) is 45.4. The van der Waals surface area contributed by atoms with E-state index in [2.05, 4.69) is 9.80 Å². The van der Waals surface area contributed by atoms with Crippen molar-refractivity contribution in [2.75, 3.05) is 57.3 Å². The fourth-order valence-corrected chi connectivity index (χ4v) is 5.72. The Morgan fingerprint density at radius 1 is 0.773 bits per heavy atom. The number of hydrogen-bond donors (Lipinski definition) is 1. The van der Waals surface area contributed by atoms with Crippen LogP contribution in [0.15, 0.2) is 66.7 Å². The number of rotatable bonds is 6. The molecule has 2 amide bonds. The number of halogens is 1. The second-order valence-corrected chi connectivity index (χ2v) is 12.7. The maximum Gasteiger partial charge on any atom is 0.410 e. The van der Waals surface area contributed by atoms with Crippen LogP contribution in [0.5, 0.6) is 0 Å². The van der Waals surface area contributed by atoms with Gasteiger partial charge < -0.3 is 24.5 Å². The van der Waals surface area contributed by atoms with E-state index >= 15 is 0 Å². The molecule has 0 spiro atoms. The Hall–Kier alpha value is -4.08. The predicted molar refractivity (Wildman–Crippen MR) is 171 cm³/mol. The molecule has 0 atom stereocenters. The van der Waals surface area contributed by atoms with E-state index in [1.54, 1.807) is 21.9 Å². The van der Waals surface area contributed by atoms with E-state index < -0.39 is 11.6 Å². The Balaban J connectivity index is 1.28. The summed E-state index contributed by atoms with van der Waals surface area (Å²) in [6.45, 7) is 11.2. The number of carboxylic acid groups (broad SMARTS) is 1. The van der Waals surface area contributed by atoms with Crippen molar-refractivity contribution in [2.24, 2.45) is 0 Å². The van der Waals surface area contributed by atoms with Gasteiger partial charge in [-0.15, -0.1) is 0 Å². The van der Waals surface area contributed by atoms with E-state index in [-0.39, 0.29) is 17.6 Å². The van der Waals surface area contributed by atoms with E-state index in [9.17, 15) is 19.5 Å². The first-order valence-corrected chi connectivity index (χ1v) is 15.3. The molecular weight excluding hydrogens is 580 g/mol. The lowest BCUT2D eigenvalue weighted by atomic mass is 9.96. The Morgan fingerprint density at radius 2 is 1.36 bits per heavy atom. The highest BCUT2D eigenvalue weighted by Gasteiger charge is 2.29. The molecule has 232 valence electrons. The van der Waals surface area contributed by atoms with Gasteiger partial charge in [-0.25, -0.2) is 9.59 Å². The van der Waals surface area contributed by atoms with Crippen LogP contribution < -0.4 is 4.90 Å². The van der Waals surface area contributed by atoms with Gasteiger partial charge in [-0.1, -0.05) is 29.8 Å². The van der Waals surface area contributed by atoms with Crippen molar-refractivity contribution in [1.29, 1.82) is 0 Å². The number of aromatic carboxylic acids is 1. The highest BCUT2D eigenvalue weighted by molar-refractivity contribution is 6.30. The third kappa shape index (κ3) is 7.70. The molecule has 0 unspecified atom stereocenters. The Labute approximate surface area is 263 Å². The van der Waals surface area contributed by atoms with Crippen LogP contribution in [0.2, 0.25) is 5.02 Å².